The molecule has 3 heterocycles. The van der Waals surface area contributed by atoms with Gasteiger partial charge in [-0.25, -0.2) is 14.1 Å². The lowest BCUT2D eigenvalue weighted by molar-refractivity contribution is -0.0690. The van der Waals surface area contributed by atoms with Crippen LogP contribution in [0.3, 0.4) is 0 Å². The number of rotatable bonds is 52. The monoisotopic (exact) mass is 1250 g/mol. The maximum atomic E-state index is 13.0. The molecule has 2 aromatic carbocycles. The van der Waals surface area contributed by atoms with E-state index < -0.39 is 44.4 Å². The van der Waals surface area contributed by atoms with Crippen LogP contribution >= 0.6 is 7.82 Å². The number of nitrogen functional groups attached to an aromatic ring is 1. The van der Waals surface area contributed by atoms with Crippen LogP contribution in [0.15, 0.2) is 67.0 Å². The fourth-order valence-corrected chi connectivity index (χ4v) is 12.0. The summed E-state index contributed by atoms with van der Waals surface area (Å²) in [5, 5.41) is 45.5. The molecule has 4 aromatic rings. The summed E-state index contributed by atoms with van der Waals surface area (Å²) in [5.41, 5.74) is 8.67. The van der Waals surface area contributed by atoms with E-state index >= 15 is 0 Å². The first-order valence-corrected chi connectivity index (χ1v) is 35.6. The van der Waals surface area contributed by atoms with Crippen molar-refractivity contribution in [2.75, 3.05) is 52.0 Å². The second-order valence-corrected chi connectivity index (χ2v) is 25.9. The molecule has 1 fully saturated rings. The molecule has 6 N–H and O–H groups in total. The number of unbranched alkanes of at least 4 members (excludes halogenated alkanes) is 30. The highest BCUT2D eigenvalue weighted by molar-refractivity contribution is 7.47. The van der Waals surface area contributed by atoms with Gasteiger partial charge in [-0.05, 0) is 49.9 Å². The van der Waals surface area contributed by atoms with Gasteiger partial charge < -0.3 is 49.6 Å². The van der Waals surface area contributed by atoms with Crippen LogP contribution in [-0.4, -0.2) is 112 Å². The molecule has 17 nitrogen and oxygen atoms in total. The molecule has 498 valence electrons. The smallest absolute Gasteiger partial charge is 0.394 e. The number of ether oxygens (including phenoxy) is 5. The number of aliphatic hydroxyl groups excluding tert-OH is 3. The Labute approximate surface area is 529 Å². The molecule has 88 heavy (non-hydrogen) atoms. The third kappa shape index (κ3) is 31.4. The number of nitrogens with two attached hydrogens (primary N) is 1. The summed E-state index contributed by atoms with van der Waals surface area (Å²) >= 11 is 0. The molecule has 5 rings (SSSR count). The highest BCUT2D eigenvalue weighted by atomic mass is 31.2. The van der Waals surface area contributed by atoms with Gasteiger partial charge in [0.25, 0.3) is 0 Å². The van der Waals surface area contributed by atoms with Crippen LogP contribution < -0.4 is 5.73 Å². The number of benzene rings is 2. The van der Waals surface area contributed by atoms with E-state index in [1.54, 1.807) is 6.07 Å². The summed E-state index contributed by atoms with van der Waals surface area (Å²) in [4.78, 5) is 14.5. The number of aliphatic hydroxyl groups is 3. The van der Waals surface area contributed by atoms with Crippen LogP contribution in [0.1, 0.15) is 247 Å². The highest BCUT2D eigenvalue weighted by Gasteiger charge is 2.58. The Morgan fingerprint density at radius 3 is 1.49 bits per heavy atom. The average Bonchev–Trinajstić information content (AvgIpc) is 1.65. The van der Waals surface area contributed by atoms with Gasteiger partial charge in [0, 0.05) is 13.2 Å². The number of nitrogens with zero attached hydrogens (tertiary/aromatic N) is 4. The number of anilines is 1. The Kier molecular flexibility index (Phi) is 41.0. The fourth-order valence-electron chi connectivity index (χ4n) is 11.2. The second kappa shape index (κ2) is 47.1. The van der Waals surface area contributed by atoms with Crippen LogP contribution in [0.25, 0.3) is 5.52 Å². The lowest BCUT2D eigenvalue weighted by Crippen LogP contribution is -2.41. The van der Waals surface area contributed by atoms with E-state index in [4.69, 9.17) is 38.5 Å². The molecule has 0 radical (unpaired) electrons. The van der Waals surface area contributed by atoms with Crippen molar-refractivity contribution in [2.45, 2.75) is 282 Å². The van der Waals surface area contributed by atoms with Crippen molar-refractivity contribution < 1.29 is 57.5 Å². The Balaban J connectivity index is 0.000000440. The molecule has 0 aliphatic carbocycles. The van der Waals surface area contributed by atoms with Gasteiger partial charge in [-0.3, -0.25) is 9.05 Å². The fraction of sp³-hybridized carbons (Fsp3) is 0.729. The molecule has 1 aliphatic heterocycles. The van der Waals surface area contributed by atoms with Crippen molar-refractivity contribution in [1.29, 1.82) is 5.26 Å². The van der Waals surface area contributed by atoms with Crippen LogP contribution in [-0.2, 0) is 56.1 Å². The van der Waals surface area contributed by atoms with Crippen LogP contribution in [0.4, 0.5) is 5.82 Å². The van der Waals surface area contributed by atoms with E-state index in [1.807, 2.05) is 43.3 Å². The van der Waals surface area contributed by atoms with Gasteiger partial charge >= 0.3 is 7.82 Å². The summed E-state index contributed by atoms with van der Waals surface area (Å²) < 4.78 is 54.1. The van der Waals surface area contributed by atoms with Gasteiger partial charge in [-0.15, -0.1) is 0 Å². The SMILES string of the molecule is CCCCCCCCCCCCCCCCCCOC[C@H](CO)OCc1cccc(C)c1.CCCCCCCCCCCCCCCCCCOC[C@H](COP(=O)(O)OC[C@H]1O[C@@](C#N)(c2ccc3c(N)ncnn23)[C@H](O)[C@@H]1O)OCc1cccc(C)c1. The normalized spacial score (nSPS) is 18.1. The minimum atomic E-state index is -4.72. The molecule has 0 amide bonds. The number of hydrogen-bond donors (Lipinski definition) is 5. The third-order valence-corrected chi connectivity index (χ3v) is 17.5. The Hall–Kier alpha value is -3.86. The average molecular weight is 1250 g/mol. The maximum Gasteiger partial charge on any atom is 0.472 e. The van der Waals surface area contributed by atoms with Gasteiger partial charge in [0.1, 0.15) is 48.4 Å². The van der Waals surface area contributed by atoms with Crippen molar-refractivity contribution in [3.8, 4) is 6.07 Å². The van der Waals surface area contributed by atoms with E-state index in [-0.39, 0.29) is 44.0 Å². The molecule has 2 aromatic heterocycles. The zero-order valence-corrected chi connectivity index (χ0v) is 55.5. The Bertz CT molecular complexity index is 2480. The minimum absolute atomic E-state index is 0.00474. The van der Waals surface area contributed by atoms with E-state index in [2.05, 4.69) is 49.1 Å². The van der Waals surface area contributed by atoms with E-state index in [1.165, 1.54) is 209 Å². The predicted molar refractivity (Wildman–Crippen MR) is 351 cm³/mol. The summed E-state index contributed by atoms with van der Waals surface area (Å²) in [7, 11) is -4.72. The van der Waals surface area contributed by atoms with Gasteiger partial charge in [0.15, 0.2) is 5.82 Å². The Morgan fingerprint density at radius 2 is 1.06 bits per heavy atom. The van der Waals surface area contributed by atoms with Gasteiger partial charge in [0.05, 0.1) is 51.9 Å². The molecule has 0 spiro atoms. The number of nitriles is 1. The molecule has 0 saturated carbocycles. The summed E-state index contributed by atoms with van der Waals surface area (Å²) in [6.07, 6.45) is 38.2. The first-order valence-electron chi connectivity index (χ1n) is 34.1. The van der Waals surface area contributed by atoms with Crippen molar-refractivity contribution in [3.05, 3.63) is 94.9 Å². The largest absolute Gasteiger partial charge is 0.472 e. The molecular formula is C70H116N5O12P. The van der Waals surface area contributed by atoms with Crippen LogP contribution in [0.5, 0.6) is 0 Å². The van der Waals surface area contributed by atoms with Crippen molar-refractivity contribution in [3.63, 3.8) is 0 Å². The first kappa shape index (κ1) is 76.6. The molecule has 1 aliphatic rings. The quantitative estimate of drug-likeness (QED) is 0.0204. The van der Waals surface area contributed by atoms with Crippen molar-refractivity contribution in [1.82, 2.24) is 14.6 Å². The third-order valence-electron chi connectivity index (χ3n) is 16.5. The zero-order valence-electron chi connectivity index (χ0n) is 54.6. The predicted octanol–water partition coefficient (Wildman–Crippen LogP) is 15.6. The first-order chi connectivity index (χ1) is 42.9. The van der Waals surface area contributed by atoms with Crippen molar-refractivity contribution >= 4 is 19.2 Å². The molecule has 1 saturated heterocycles. The standard InChI is InChI=1S/C41H64N5O9P.C29H52O3/c1-3-4-5-6-7-8-9-10-11-12-13-14-15-16-17-18-24-51-27-34(52-26-33-21-19-20-32(2)25-33)28-53-56(49,50)54-29-36-38(47)39(48)41(30-42,55-36)37-23-22-35-40(43)44-31-45-46(35)37;1-3-4-5-6-7-8-9-10-11-12-13-14-15-16-17-18-22-31-26-29(24-30)32-25-28-21-19-20-27(2)23-28/h19-23,25,31,34,36,38-39,47-48H,3-18,24,26-29H2,1-2H3,(H,49,50)(H2,43,44,45);19-21,23,29-30H,3-18,22,24-26H2,1-2H3/t34-,36-,38-,39-,41+;29-/m10/s1. The number of aromatic nitrogens is 3. The summed E-state index contributed by atoms with van der Waals surface area (Å²) in [5.74, 6) is 0.136. The Morgan fingerprint density at radius 1 is 0.625 bits per heavy atom. The maximum absolute atomic E-state index is 13.0. The summed E-state index contributed by atoms with van der Waals surface area (Å²) in [6.45, 7) is 10.3. The number of phosphoric acid groups is 1. The number of hydrogen-bond acceptors (Lipinski definition) is 15. The van der Waals surface area contributed by atoms with Crippen molar-refractivity contribution in [2.24, 2.45) is 0 Å². The highest BCUT2D eigenvalue weighted by Crippen LogP contribution is 2.46. The topological polar surface area (TPSA) is 243 Å². The lowest BCUT2D eigenvalue weighted by atomic mass is 9.92. The molecule has 1 unspecified atom stereocenters. The number of phosphoric ester groups is 1. The lowest BCUT2D eigenvalue weighted by Gasteiger charge is -2.24. The minimum Gasteiger partial charge on any atom is -0.394 e. The summed E-state index contributed by atoms with van der Waals surface area (Å²) in [6, 6.07) is 21.1. The molecule has 0 bridgehead atoms. The van der Waals surface area contributed by atoms with Crippen LogP contribution in [0.2, 0.25) is 0 Å². The van der Waals surface area contributed by atoms with Crippen LogP contribution in [0, 0.1) is 25.2 Å². The second-order valence-electron chi connectivity index (χ2n) is 24.4. The molecule has 18 heteroatoms. The number of aryl methyl sites for hydroxylation is 2. The zero-order chi connectivity index (χ0) is 63.3. The number of fused-ring (bicyclic) bond motifs is 1. The molecule has 7 atom stereocenters. The van der Waals surface area contributed by atoms with Gasteiger partial charge in [-0.2, -0.15) is 10.4 Å². The van der Waals surface area contributed by atoms with Gasteiger partial charge in [-0.1, -0.05) is 266 Å². The van der Waals surface area contributed by atoms with E-state index in [0.29, 0.717) is 25.3 Å². The molecular weight excluding hydrogens is 1130 g/mol. The van der Waals surface area contributed by atoms with E-state index in [9.17, 15) is 30.0 Å². The van der Waals surface area contributed by atoms with Gasteiger partial charge in [0.2, 0.25) is 5.60 Å². The van der Waals surface area contributed by atoms with E-state index in [0.717, 1.165) is 42.6 Å².